The summed E-state index contributed by atoms with van der Waals surface area (Å²) in [6.07, 6.45) is 7.83. The normalized spacial score (nSPS) is 28.5. The Hall–Kier alpha value is -3.15. The van der Waals surface area contributed by atoms with Gasteiger partial charge in [-0.2, -0.15) is 0 Å². The third-order valence-corrected chi connectivity index (χ3v) is 8.32. The minimum atomic E-state index is -0.642. The van der Waals surface area contributed by atoms with Crippen LogP contribution in [0.5, 0.6) is 0 Å². The van der Waals surface area contributed by atoms with Gasteiger partial charge in [0.15, 0.2) is 6.61 Å². The number of fused-ring (bicyclic) bond motifs is 1. The molecule has 6 nitrogen and oxygen atoms in total. The number of anilines is 1. The van der Waals surface area contributed by atoms with Crippen molar-refractivity contribution < 1.29 is 19.1 Å². The molecule has 0 atom stereocenters. The Bertz CT molecular complexity index is 1120. The predicted molar refractivity (Wildman–Crippen MR) is 128 cm³/mol. The molecular weight excluding hydrogens is 428 g/mol. The van der Waals surface area contributed by atoms with Crippen LogP contribution in [0.15, 0.2) is 48.5 Å². The molecule has 0 radical (unpaired) electrons. The molecule has 5 aliphatic rings. The summed E-state index contributed by atoms with van der Waals surface area (Å²) in [4.78, 5) is 40.7. The fraction of sp³-hybridized carbons (Fsp3) is 0.464. The Kier molecular flexibility index (Phi) is 5.19. The van der Waals surface area contributed by atoms with Crippen molar-refractivity contribution in [2.24, 2.45) is 17.8 Å². The third kappa shape index (κ3) is 3.79. The van der Waals surface area contributed by atoms with Crippen molar-refractivity contribution in [2.45, 2.75) is 50.5 Å². The predicted octanol–water partition coefficient (Wildman–Crippen LogP) is 4.13. The lowest BCUT2D eigenvalue weighted by Crippen LogP contribution is -2.59. The minimum absolute atomic E-state index is 0.137. The number of hydrogen-bond acceptors (Lipinski definition) is 4. The van der Waals surface area contributed by atoms with E-state index in [1.54, 1.807) is 29.2 Å². The van der Waals surface area contributed by atoms with Crippen LogP contribution in [0, 0.1) is 17.8 Å². The van der Waals surface area contributed by atoms with Gasteiger partial charge in [-0.3, -0.25) is 9.59 Å². The zero-order chi connectivity index (χ0) is 23.3. The molecule has 6 heteroatoms. The second kappa shape index (κ2) is 8.26. The maximum atomic E-state index is 13.3. The van der Waals surface area contributed by atoms with Crippen molar-refractivity contribution in [2.75, 3.05) is 18.1 Å². The Morgan fingerprint density at radius 1 is 0.882 bits per heavy atom. The molecule has 1 aliphatic heterocycles. The molecule has 4 fully saturated rings. The molecule has 0 saturated heterocycles. The van der Waals surface area contributed by atoms with E-state index in [1.807, 2.05) is 24.3 Å². The van der Waals surface area contributed by atoms with Crippen LogP contribution in [0.1, 0.15) is 64.8 Å². The minimum Gasteiger partial charge on any atom is -0.452 e. The highest BCUT2D eigenvalue weighted by Crippen LogP contribution is 2.55. The number of rotatable bonds is 5. The summed E-state index contributed by atoms with van der Waals surface area (Å²) in [7, 11) is 0. The second-order valence-electron chi connectivity index (χ2n) is 10.7. The smallest absolute Gasteiger partial charge is 0.339 e. The first-order valence-corrected chi connectivity index (χ1v) is 12.5. The van der Waals surface area contributed by atoms with Crippen molar-refractivity contribution in [3.8, 4) is 0 Å². The van der Waals surface area contributed by atoms with Crippen molar-refractivity contribution >= 4 is 23.5 Å². The number of esters is 1. The maximum Gasteiger partial charge on any atom is 0.339 e. The highest BCUT2D eigenvalue weighted by molar-refractivity contribution is 6.06. The molecule has 0 spiro atoms. The summed E-state index contributed by atoms with van der Waals surface area (Å²) < 4.78 is 5.39. The van der Waals surface area contributed by atoms with Crippen molar-refractivity contribution in [1.29, 1.82) is 0 Å². The van der Waals surface area contributed by atoms with E-state index >= 15 is 0 Å². The lowest BCUT2D eigenvalue weighted by molar-refractivity contribution is -0.121. The molecule has 176 valence electrons. The molecule has 2 aromatic rings. The number of nitrogens with one attached hydrogen (secondary N) is 1. The van der Waals surface area contributed by atoms with Gasteiger partial charge in [-0.1, -0.05) is 30.3 Å². The first kappa shape index (κ1) is 21.4. The van der Waals surface area contributed by atoms with E-state index in [1.165, 1.54) is 19.3 Å². The first-order valence-electron chi connectivity index (χ1n) is 12.5. The van der Waals surface area contributed by atoms with Gasteiger partial charge in [-0.05, 0) is 86.5 Å². The third-order valence-electron chi connectivity index (χ3n) is 8.32. The molecule has 34 heavy (non-hydrogen) atoms. The molecule has 2 amide bonds. The highest BCUT2D eigenvalue weighted by Gasteiger charge is 2.51. The van der Waals surface area contributed by atoms with E-state index in [0.29, 0.717) is 29.9 Å². The number of benzene rings is 2. The van der Waals surface area contributed by atoms with Crippen LogP contribution in [0.3, 0.4) is 0 Å². The molecule has 0 unspecified atom stereocenters. The van der Waals surface area contributed by atoms with Crippen molar-refractivity contribution in [1.82, 2.24) is 5.32 Å². The highest BCUT2D eigenvalue weighted by atomic mass is 16.5. The molecule has 4 bridgehead atoms. The van der Waals surface area contributed by atoms with Gasteiger partial charge < -0.3 is 15.0 Å². The summed E-state index contributed by atoms with van der Waals surface area (Å²) >= 11 is 0. The van der Waals surface area contributed by atoms with E-state index in [0.717, 1.165) is 36.9 Å². The van der Waals surface area contributed by atoms with E-state index in [2.05, 4.69) is 5.32 Å². The van der Waals surface area contributed by atoms with Gasteiger partial charge in [-0.15, -0.1) is 0 Å². The number of para-hydroxylation sites is 1. The van der Waals surface area contributed by atoms with Crippen LogP contribution in [0.25, 0.3) is 0 Å². The Balaban J connectivity index is 1.13. The van der Waals surface area contributed by atoms with Gasteiger partial charge in [0.05, 0.1) is 11.1 Å². The average Bonchev–Trinajstić information content (AvgIpc) is 3.25. The zero-order valence-corrected chi connectivity index (χ0v) is 19.3. The SMILES string of the molecule is O=C(NC12CC3CC(CC(C3)C1)C2)c1ccccc1C(=O)OCC(=O)N1CCc2ccccc21. The Labute approximate surface area is 199 Å². The van der Waals surface area contributed by atoms with E-state index in [-0.39, 0.29) is 29.5 Å². The van der Waals surface area contributed by atoms with E-state index in [9.17, 15) is 14.4 Å². The number of nitrogens with zero attached hydrogens (tertiary/aromatic N) is 1. The van der Waals surface area contributed by atoms with Gasteiger partial charge in [0.2, 0.25) is 0 Å². The number of carbonyl (C=O) groups excluding carboxylic acids is 3. The average molecular weight is 459 g/mol. The van der Waals surface area contributed by atoms with Crippen LogP contribution >= 0.6 is 0 Å². The quantitative estimate of drug-likeness (QED) is 0.684. The van der Waals surface area contributed by atoms with Gasteiger partial charge in [0.1, 0.15) is 0 Å². The fourth-order valence-electron chi connectivity index (χ4n) is 7.31. The lowest BCUT2D eigenvalue weighted by atomic mass is 9.53. The fourth-order valence-corrected chi connectivity index (χ4v) is 7.31. The molecule has 2 aromatic carbocycles. The largest absolute Gasteiger partial charge is 0.452 e. The first-order chi connectivity index (χ1) is 16.5. The molecule has 4 saturated carbocycles. The van der Waals surface area contributed by atoms with Crippen molar-refractivity contribution in [3.63, 3.8) is 0 Å². The molecular formula is C28H30N2O4. The summed E-state index contributed by atoms with van der Waals surface area (Å²) in [6, 6.07) is 14.5. The van der Waals surface area contributed by atoms with Gasteiger partial charge in [0.25, 0.3) is 11.8 Å². The standard InChI is InChI=1S/C28H30N2O4/c31-25(30-10-9-21-5-1-4-8-24(21)30)17-34-27(33)23-7-3-2-6-22(23)26(32)29-28-14-18-11-19(15-28)13-20(12-18)16-28/h1-8,18-20H,9-17H2,(H,29,32). The number of hydrogen-bond donors (Lipinski definition) is 1. The van der Waals surface area contributed by atoms with E-state index < -0.39 is 5.97 Å². The molecule has 4 aliphatic carbocycles. The summed E-state index contributed by atoms with van der Waals surface area (Å²) in [6.45, 7) is 0.234. The number of carbonyl (C=O) groups is 3. The zero-order valence-electron chi connectivity index (χ0n) is 19.3. The lowest BCUT2D eigenvalue weighted by Gasteiger charge is -2.56. The molecule has 1 N–H and O–H groups in total. The van der Waals surface area contributed by atoms with Gasteiger partial charge >= 0.3 is 5.97 Å². The number of amides is 2. The van der Waals surface area contributed by atoms with Crippen LogP contribution < -0.4 is 10.2 Å². The van der Waals surface area contributed by atoms with E-state index in [4.69, 9.17) is 4.74 Å². The number of ether oxygens (including phenoxy) is 1. The molecule has 7 rings (SSSR count). The van der Waals surface area contributed by atoms with Crippen molar-refractivity contribution in [3.05, 3.63) is 65.2 Å². The summed E-state index contributed by atoms with van der Waals surface area (Å²) in [5.41, 5.74) is 2.39. The summed E-state index contributed by atoms with van der Waals surface area (Å²) in [5, 5.41) is 3.33. The summed E-state index contributed by atoms with van der Waals surface area (Å²) in [5.74, 6) is 1.04. The van der Waals surface area contributed by atoms with Gasteiger partial charge in [0, 0.05) is 17.8 Å². The monoisotopic (exact) mass is 458 g/mol. The molecule has 0 aromatic heterocycles. The van der Waals surface area contributed by atoms with Crippen LogP contribution in [0.2, 0.25) is 0 Å². The Morgan fingerprint density at radius 2 is 1.50 bits per heavy atom. The Morgan fingerprint density at radius 3 is 2.21 bits per heavy atom. The van der Waals surface area contributed by atoms with Gasteiger partial charge in [-0.25, -0.2) is 4.79 Å². The van der Waals surface area contributed by atoms with Crippen LogP contribution in [-0.4, -0.2) is 36.5 Å². The van der Waals surface area contributed by atoms with Crippen LogP contribution in [0.4, 0.5) is 5.69 Å². The van der Waals surface area contributed by atoms with Crippen LogP contribution in [-0.2, 0) is 16.0 Å². The molecule has 1 heterocycles. The topological polar surface area (TPSA) is 75.7 Å². The second-order valence-corrected chi connectivity index (χ2v) is 10.7. The maximum absolute atomic E-state index is 13.3.